The third kappa shape index (κ3) is 3.47. The summed E-state index contributed by atoms with van der Waals surface area (Å²) in [5.74, 6) is 0.575. The van der Waals surface area contributed by atoms with Crippen molar-refractivity contribution in [1.29, 1.82) is 0 Å². The van der Waals surface area contributed by atoms with Crippen LogP contribution in [0, 0.1) is 0 Å². The number of nitrogens with one attached hydrogen (secondary N) is 1. The molecule has 2 atom stereocenters. The summed E-state index contributed by atoms with van der Waals surface area (Å²) in [6, 6.07) is 5.82. The smallest absolute Gasteiger partial charge is 0.223 e. The Balaban J connectivity index is 1.64. The van der Waals surface area contributed by atoms with Crippen LogP contribution in [0.15, 0.2) is 36.8 Å². The van der Waals surface area contributed by atoms with Crippen LogP contribution in [0.25, 0.3) is 22.2 Å². The maximum atomic E-state index is 6.03. The van der Waals surface area contributed by atoms with Gasteiger partial charge in [-0.2, -0.15) is 5.10 Å². The first kappa shape index (κ1) is 16.0. The Morgan fingerprint density at radius 2 is 2.32 bits per heavy atom. The lowest BCUT2D eigenvalue weighted by Crippen LogP contribution is -2.45. The van der Waals surface area contributed by atoms with Crippen LogP contribution in [0.1, 0.15) is 6.92 Å². The first-order valence-electron chi connectivity index (χ1n) is 8.43. The molecule has 7 heteroatoms. The first-order chi connectivity index (χ1) is 12.2. The molecule has 1 saturated heterocycles. The molecule has 1 N–H and O–H groups in total. The van der Waals surface area contributed by atoms with E-state index < -0.39 is 0 Å². The molecule has 7 nitrogen and oxygen atoms in total. The summed E-state index contributed by atoms with van der Waals surface area (Å²) < 4.78 is 13.7. The van der Waals surface area contributed by atoms with Crippen molar-refractivity contribution in [3.63, 3.8) is 0 Å². The zero-order valence-electron chi connectivity index (χ0n) is 14.3. The number of hydrogen-bond acceptors (Lipinski definition) is 6. The largest absolute Gasteiger partial charge is 0.474 e. The second-order valence-corrected chi connectivity index (χ2v) is 6.32. The number of nitrogens with zero attached hydrogens (tertiary/aromatic N) is 4. The Hall–Kier alpha value is -2.51. The highest BCUT2D eigenvalue weighted by molar-refractivity contribution is 5.86. The highest BCUT2D eigenvalue weighted by Crippen LogP contribution is 2.28. The molecule has 0 aromatic carbocycles. The van der Waals surface area contributed by atoms with Crippen LogP contribution in [-0.2, 0) is 11.8 Å². The highest BCUT2D eigenvalue weighted by Gasteiger charge is 2.20. The molecule has 3 aromatic rings. The molecule has 0 radical (unpaired) electrons. The van der Waals surface area contributed by atoms with Crippen molar-refractivity contribution in [2.75, 3.05) is 19.7 Å². The topological polar surface area (TPSA) is 74.1 Å². The van der Waals surface area contributed by atoms with Crippen molar-refractivity contribution in [3.8, 4) is 17.1 Å². The second-order valence-electron chi connectivity index (χ2n) is 6.32. The van der Waals surface area contributed by atoms with Crippen molar-refractivity contribution in [2.24, 2.45) is 7.05 Å². The minimum atomic E-state index is 0.0133. The zero-order valence-corrected chi connectivity index (χ0v) is 14.3. The van der Waals surface area contributed by atoms with Gasteiger partial charge in [0.25, 0.3) is 0 Å². The van der Waals surface area contributed by atoms with E-state index in [4.69, 9.17) is 14.5 Å². The third-order valence-corrected chi connectivity index (χ3v) is 4.20. The number of fused-ring (bicyclic) bond motifs is 1. The lowest BCUT2D eigenvalue weighted by Gasteiger charge is -2.28. The molecule has 1 fully saturated rings. The molecule has 0 aliphatic carbocycles. The fourth-order valence-corrected chi connectivity index (χ4v) is 3.00. The van der Waals surface area contributed by atoms with Gasteiger partial charge in [0.05, 0.1) is 28.9 Å². The number of aromatic nitrogens is 4. The van der Waals surface area contributed by atoms with Crippen molar-refractivity contribution < 1.29 is 9.47 Å². The summed E-state index contributed by atoms with van der Waals surface area (Å²) in [6.45, 7) is 4.16. The molecule has 1 aliphatic rings. The molecule has 0 amide bonds. The predicted molar refractivity (Wildman–Crippen MR) is 94.4 cm³/mol. The van der Waals surface area contributed by atoms with Gasteiger partial charge in [-0.05, 0) is 25.1 Å². The Kier molecular flexibility index (Phi) is 4.33. The molecular weight excluding hydrogens is 318 g/mol. The average molecular weight is 339 g/mol. The molecule has 0 bridgehead atoms. The molecular formula is C18H21N5O2. The number of ether oxygens (including phenoxy) is 2. The first-order valence-corrected chi connectivity index (χ1v) is 8.43. The summed E-state index contributed by atoms with van der Waals surface area (Å²) in [6.07, 6.45) is 5.69. The van der Waals surface area contributed by atoms with E-state index in [-0.39, 0.29) is 12.2 Å². The SMILES string of the molecule is C[C@H]1CNC[C@@H](COc2nc(-c3cnn(C)c3)cc3ncccc23)O1. The van der Waals surface area contributed by atoms with Crippen molar-refractivity contribution >= 4 is 10.9 Å². The number of hydrogen-bond donors (Lipinski definition) is 1. The Labute approximate surface area is 146 Å². The van der Waals surface area contributed by atoms with E-state index in [0.29, 0.717) is 12.5 Å². The molecule has 0 saturated carbocycles. The van der Waals surface area contributed by atoms with Crippen LogP contribution in [0.4, 0.5) is 0 Å². The van der Waals surface area contributed by atoms with Gasteiger partial charge in [-0.15, -0.1) is 0 Å². The Morgan fingerprint density at radius 3 is 3.12 bits per heavy atom. The van der Waals surface area contributed by atoms with Gasteiger partial charge < -0.3 is 14.8 Å². The quantitative estimate of drug-likeness (QED) is 0.781. The van der Waals surface area contributed by atoms with Crippen LogP contribution in [0.3, 0.4) is 0 Å². The van der Waals surface area contributed by atoms with Crippen LogP contribution < -0.4 is 10.1 Å². The molecule has 25 heavy (non-hydrogen) atoms. The monoisotopic (exact) mass is 339 g/mol. The van der Waals surface area contributed by atoms with Crippen molar-refractivity contribution in [2.45, 2.75) is 19.1 Å². The third-order valence-electron chi connectivity index (χ3n) is 4.20. The fourth-order valence-electron chi connectivity index (χ4n) is 3.00. The molecule has 1 aliphatic heterocycles. The molecule has 3 aromatic heterocycles. The van der Waals surface area contributed by atoms with Crippen molar-refractivity contribution in [3.05, 3.63) is 36.8 Å². The zero-order chi connectivity index (χ0) is 17.2. The summed E-state index contributed by atoms with van der Waals surface area (Å²) in [7, 11) is 1.88. The van der Waals surface area contributed by atoms with Gasteiger partial charge >= 0.3 is 0 Å². The number of rotatable bonds is 4. The summed E-state index contributed by atoms with van der Waals surface area (Å²) in [5, 5.41) is 8.46. The van der Waals surface area contributed by atoms with Crippen LogP contribution in [0.5, 0.6) is 5.88 Å². The molecule has 0 spiro atoms. The fraction of sp³-hybridized carbons (Fsp3) is 0.389. The predicted octanol–water partition coefficient (Wildman–Crippen LogP) is 1.79. The Bertz CT molecular complexity index is 879. The van der Waals surface area contributed by atoms with Gasteiger partial charge in [0, 0.05) is 38.1 Å². The van der Waals surface area contributed by atoms with E-state index in [1.165, 1.54) is 0 Å². The van der Waals surface area contributed by atoms with Gasteiger partial charge in [-0.3, -0.25) is 9.67 Å². The summed E-state index contributed by atoms with van der Waals surface area (Å²) >= 11 is 0. The van der Waals surface area contributed by atoms with Gasteiger partial charge in [0.2, 0.25) is 5.88 Å². The van der Waals surface area contributed by atoms with Gasteiger partial charge in [0.15, 0.2) is 0 Å². The number of aryl methyl sites for hydroxylation is 1. The summed E-state index contributed by atoms with van der Waals surface area (Å²) in [4.78, 5) is 9.15. The van der Waals surface area contributed by atoms with E-state index in [2.05, 4.69) is 22.3 Å². The van der Waals surface area contributed by atoms with E-state index in [1.54, 1.807) is 17.1 Å². The molecule has 130 valence electrons. The minimum absolute atomic E-state index is 0.0133. The van der Waals surface area contributed by atoms with Gasteiger partial charge in [0.1, 0.15) is 12.7 Å². The lowest BCUT2D eigenvalue weighted by molar-refractivity contribution is -0.0474. The normalized spacial score (nSPS) is 20.7. The van der Waals surface area contributed by atoms with Crippen molar-refractivity contribution in [1.82, 2.24) is 25.1 Å². The van der Waals surface area contributed by atoms with E-state index >= 15 is 0 Å². The van der Waals surface area contributed by atoms with Gasteiger partial charge in [-0.1, -0.05) is 0 Å². The average Bonchev–Trinajstić information content (AvgIpc) is 3.06. The van der Waals surface area contributed by atoms with E-state index in [1.807, 2.05) is 31.4 Å². The van der Waals surface area contributed by atoms with E-state index in [9.17, 15) is 0 Å². The molecule has 4 heterocycles. The molecule has 4 rings (SSSR count). The standard InChI is InChI=1S/C18H21N5O2/c1-12-7-19-9-14(25-12)11-24-18-15-4-3-5-20-17(15)6-16(22-18)13-8-21-23(2)10-13/h3-6,8,10,12,14,19H,7,9,11H2,1-2H3/t12-,14-/m0/s1. The number of pyridine rings is 2. The maximum Gasteiger partial charge on any atom is 0.223 e. The molecule has 0 unspecified atom stereocenters. The maximum absolute atomic E-state index is 6.03. The van der Waals surface area contributed by atoms with Crippen LogP contribution in [0.2, 0.25) is 0 Å². The second kappa shape index (κ2) is 6.78. The summed E-state index contributed by atoms with van der Waals surface area (Å²) in [5.41, 5.74) is 2.58. The highest BCUT2D eigenvalue weighted by atomic mass is 16.5. The Morgan fingerprint density at radius 1 is 1.40 bits per heavy atom. The minimum Gasteiger partial charge on any atom is -0.474 e. The lowest BCUT2D eigenvalue weighted by atomic mass is 10.2. The van der Waals surface area contributed by atoms with Crippen LogP contribution in [-0.4, -0.2) is 51.7 Å². The van der Waals surface area contributed by atoms with E-state index in [0.717, 1.165) is 35.2 Å². The van der Waals surface area contributed by atoms with Gasteiger partial charge in [-0.25, -0.2) is 4.98 Å². The van der Waals surface area contributed by atoms with Crippen LogP contribution >= 0.6 is 0 Å². The number of morpholine rings is 1.